The molecular formula is C24H22ClN5O2S. The highest BCUT2D eigenvalue weighted by molar-refractivity contribution is 7.80. The number of amides is 1. The number of fused-ring (bicyclic) bond motifs is 1. The average molecular weight is 480 g/mol. The molecule has 0 aliphatic heterocycles. The van der Waals surface area contributed by atoms with Gasteiger partial charge in [0.15, 0.2) is 5.11 Å². The monoisotopic (exact) mass is 479 g/mol. The van der Waals surface area contributed by atoms with Crippen LogP contribution in [0.25, 0.3) is 16.7 Å². The summed E-state index contributed by atoms with van der Waals surface area (Å²) in [7, 11) is 0. The van der Waals surface area contributed by atoms with Crippen molar-refractivity contribution in [1.29, 1.82) is 0 Å². The Kier molecular flexibility index (Phi) is 6.57. The van der Waals surface area contributed by atoms with Crippen LogP contribution in [0.15, 0.2) is 54.6 Å². The second kappa shape index (κ2) is 9.56. The summed E-state index contributed by atoms with van der Waals surface area (Å²) in [5.74, 6) is 0.153. The van der Waals surface area contributed by atoms with Gasteiger partial charge in [0.05, 0.1) is 17.3 Å². The third kappa shape index (κ3) is 5.13. The highest BCUT2D eigenvalue weighted by Crippen LogP contribution is 2.26. The molecule has 0 aliphatic rings. The maximum Gasteiger partial charge on any atom is 0.257 e. The number of aromatic nitrogens is 3. The minimum Gasteiger partial charge on any atom is -0.492 e. The molecular weight excluding hydrogens is 458 g/mol. The molecule has 0 bridgehead atoms. The highest BCUT2D eigenvalue weighted by Gasteiger charge is 2.13. The van der Waals surface area contributed by atoms with Crippen LogP contribution in [0.3, 0.4) is 0 Å². The number of nitrogens with zero attached hydrogens (tertiary/aromatic N) is 3. The summed E-state index contributed by atoms with van der Waals surface area (Å²) in [6.07, 6.45) is 0. The van der Waals surface area contributed by atoms with E-state index in [2.05, 4.69) is 20.8 Å². The molecule has 0 spiro atoms. The SMILES string of the molecule is CCOc1ccc(C(=O)NC(=S)Nc2cc3nn(-c4ccc(C)cc4)nc3cc2C)cc1Cl. The second-order valence-corrected chi connectivity index (χ2v) is 8.28. The van der Waals surface area contributed by atoms with Gasteiger partial charge in [0.25, 0.3) is 5.91 Å². The number of ether oxygens (including phenoxy) is 1. The number of rotatable bonds is 5. The third-order valence-corrected chi connectivity index (χ3v) is 5.46. The van der Waals surface area contributed by atoms with Gasteiger partial charge >= 0.3 is 0 Å². The van der Waals surface area contributed by atoms with Gasteiger partial charge in [0.2, 0.25) is 0 Å². The van der Waals surface area contributed by atoms with Crippen molar-refractivity contribution in [2.24, 2.45) is 0 Å². The van der Waals surface area contributed by atoms with Gasteiger partial charge in [0, 0.05) is 11.3 Å². The van der Waals surface area contributed by atoms with Crippen LogP contribution in [0.1, 0.15) is 28.4 Å². The number of nitrogens with one attached hydrogen (secondary N) is 2. The van der Waals surface area contributed by atoms with Crippen molar-refractivity contribution in [3.63, 3.8) is 0 Å². The summed E-state index contributed by atoms with van der Waals surface area (Å²) in [4.78, 5) is 14.2. The zero-order valence-corrected chi connectivity index (χ0v) is 19.9. The lowest BCUT2D eigenvalue weighted by Gasteiger charge is -2.12. The predicted octanol–water partition coefficient (Wildman–Crippen LogP) is 5.22. The summed E-state index contributed by atoms with van der Waals surface area (Å²) in [6, 6.07) is 16.6. The molecule has 0 saturated carbocycles. The Morgan fingerprint density at radius 2 is 1.76 bits per heavy atom. The van der Waals surface area contributed by atoms with Crippen molar-refractivity contribution in [3.8, 4) is 11.4 Å². The van der Waals surface area contributed by atoms with Crippen LogP contribution in [0, 0.1) is 13.8 Å². The lowest BCUT2D eigenvalue weighted by molar-refractivity contribution is 0.0977. The molecule has 1 amide bonds. The highest BCUT2D eigenvalue weighted by atomic mass is 35.5. The van der Waals surface area contributed by atoms with Gasteiger partial charge < -0.3 is 10.1 Å². The Labute approximate surface area is 201 Å². The summed E-state index contributed by atoms with van der Waals surface area (Å²) in [6.45, 7) is 6.32. The van der Waals surface area contributed by atoms with Crippen LogP contribution >= 0.6 is 23.8 Å². The molecule has 2 N–H and O–H groups in total. The van der Waals surface area contributed by atoms with E-state index in [1.54, 1.807) is 23.0 Å². The van der Waals surface area contributed by atoms with Gasteiger partial charge in [0.1, 0.15) is 16.8 Å². The van der Waals surface area contributed by atoms with Crippen molar-refractivity contribution >= 4 is 51.6 Å². The normalized spacial score (nSPS) is 10.8. The molecule has 0 radical (unpaired) electrons. The summed E-state index contributed by atoms with van der Waals surface area (Å²) < 4.78 is 5.40. The maximum absolute atomic E-state index is 12.6. The van der Waals surface area contributed by atoms with Gasteiger partial charge in [-0.25, -0.2) is 0 Å². The van der Waals surface area contributed by atoms with E-state index in [0.717, 1.165) is 22.5 Å². The van der Waals surface area contributed by atoms with E-state index in [-0.39, 0.29) is 11.0 Å². The van der Waals surface area contributed by atoms with Crippen molar-refractivity contribution in [2.75, 3.05) is 11.9 Å². The number of thiocarbonyl (C=S) groups is 1. The third-order valence-electron chi connectivity index (χ3n) is 4.96. The lowest BCUT2D eigenvalue weighted by atomic mass is 10.2. The molecule has 1 heterocycles. The van der Waals surface area contributed by atoms with Crippen LogP contribution in [-0.4, -0.2) is 32.6 Å². The molecule has 0 unspecified atom stereocenters. The fourth-order valence-corrected chi connectivity index (χ4v) is 3.68. The molecule has 33 heavy (non-hydrogen) atoms. The van der Waals surface area contributed by atoms with Crippen molar-refractivity contribution < 1.29 is 9.53 Å². The minimum atomic E-state index is -0.374. The summed E-state index contributed by atoms with van der Waals surface area (Å²) in [5.41, 5.74) is 5.53. The molecule has 0 fully saturated rings. The van der Waals surface area contributed by atoms with Crippen molar-refractivity contribution in [1.82, 2.24) is 20.3 Å². The molecule has 7 nitrogen and oxygen atoms in total. The predicted molar refractivity (Wildman–Crippen MR) is 135 cm³/mol. The molecule has 0 aliphatic carbocycles. The van der Waals surface area contributed by atoms with Gasteiger partial charge in [-0.15, -0.1) is 10.2 Å². The lowest BCUT2D eigenvalue weighted by Crippen LogP contribution is -2.34. The van der Waals surface area contributed by atoms with E-state index in [9.17, 15) is 4.79 Å². The van der Waals surface area contributed by atoms with Crippen LogP contribution in [-0.2, 0) is 0 Å². The molecule has 0 saturated heterocycles. The molecule has 4 rings (SSSR count). The number of anilines is 1. The van der Waals surface area contributed by atoms with E-state index in [1.165, 1.54) is 5.56 Å². The van der Waals surface area contributed by atoms with Crippen LogP contribution in [0.5, 0.6) is 5.75 Å². The topological polar surface area (TPSA) is 81.1 Å². The van der Waals surface area contributed by atoms with Crippen molar-refractivity contribution in [2.45, 2.75) is 20.8 Å². The Morgan fingerprint density at radius 3 is 2.42 bits per heavy atom. The largest absolute Gasteiger partial charge is 0.492 e. The first-order valence-electron chi connectivity index (χ1n) is 10.3. The number of benzene rings is 3. The molecule has 168 valence electrons. The molecule has 3 aromatic carbocycles. The van der Waals surface area contributed by atoms with Crippen LogP contribution in [0.4, 0.5) is 5.69 Å². The smallest absolute Gasteiger partial charge is 0.257 e. The first-order valence-corrected chi connectivity index (χ1v) is 11.1. The van der Waals surface area contributed by atoms with E-state index >= 15 is 0 Å². The van der Waals surface area contributed by atoms with E-state index in [4.69, 9.17) is 28.6 Å². The van der Waals surface area contributed by atoms with Crippen LogP contribution in [0.2, 0.25) is 5.02 Å². The summed E-state index contributed by atoms with van der Waals surface area (Å²) >= 11 is 11.5. The van der Waals surface area contributed by atoms with E-state index in [1.807, 2.05) is 57.2 Å². The Hall–Kier alpha value is -3.49. The molecule has 4 aromatic rings. The number of halogens is 1. The number of carbonyl (C=O) groups is 1. The van der Waals surface area contributed by atoms with Crippen LogP contribution < -0.4 is 15.4 Å². The number of carbonyl (C=O) groups excluding carboxylic acids is 1. The van der Waals surface area contributed by atoms with E-state index < -0.39 is 0 Å². The Bertz CT molecular complexity index is 1350. The Morgan fingerprint density at radius 1 is 1.06 bits per heavy atom. The van der Waals surface area contributed by atoms with Gasteiger partial charge in [-0.1, -0.05) is 29.3 Å². The van der Waals surface area contributed by atoms with E-state index in [0.29, 0.717) is 28.5 Å². The average Bonchev–Trinajstić information content (AvgIpc) is 3.18. The maximum atomic E-state index is 12.6. The zero-order chi connectivity index (χ0) is 23.5. The fourth-order valence-electron chi connectivity index (χ4n) is 3.24. The second-order valence-electron chi connectivity index (χ2n) is 7.47. The number of aryl methyl sites for hydroxylation is 2. The quantitative estimate of drug-likeness (QED) is 0.382. The first-order chi connectivity index (χ1) is 15.8. The van der Waals surface area contributed by atoms with Gasteiger partial charge in [-0.05, 0) is 81.0 Å². The molecule has 9 heteroatoms. The van der Waals surface area contributed by atoms with Gasteiger partial charge in [-0.2, -0.15) is 4.80 Å². The van der Waals surface area contributed by atoms with Crippen molar-refractivity contribution in [3.05, 3.63) is 76.3 Å². The molecule has 1 aromatic heterocycles. The summed E-state index contributed by atoms with van der Waals surface area (Å²) in [5, 5.41) is 15.4. The first kappa shape index (κ1) is 22.7. The Balaban J connectivity index is 1.49. The minimum absolute atomic E-state index is 0.165. The standard InChI is InChI=1S/C24H22ClN5O2S/c1-4-32-22-10-7-16(12-18(22)25)23(31)27-24(33)26-19-13-21-20(11-15(19)3)28-30(29-21)17-8-5-14(2)6-9-17/h5-13H,4H2,1-3H3,(H2,26,27,31,33). The molecule has 0 atom stereocenters. The fraction of sp³-hybridized carbons (Fsp3) is 0.167. The zero-order valence-electron chi connectivity index (χ0n) is 18.3. The number of hydrogen-bond acceptors (Lipinski definition) is 5. The van der Waals surface area contributed by atoms with Gasteiger partial charge in [-0.3, -0.25) is 10.1 Å². The number of hydrogen-bond donors (Lipinski definition) is 2.